The van der Waals surface area contributed by atoms with Gasteiger partial charge in [0.05, 0.1) is 0 Å². The summed E-state index contributed by atoms with van der Waals surface area (Å²) < 4.78 is 24.3. The van der Waals surface area contributed by atoms with Crippen molar-refractivity contribution in [2.24, 2.45) is 11.7 Å². The molecule has 0 aliphatic carbocycles. The molecule has 5 nitrogen and oxygen atoms in total. The molecule has 0 spiro atoms. The van der Waals surface area contributed by atoms with Crippen LogP contribution < -0.4 is 11.1 Å². The average Bonchev–Trinajstić information content (AvgIpc) is 2.25. The Morgan fingerprint density at radius 3 is 2.75 bits per heavy atom. The van der Waals surface area contributed by atoms with Gasteiger partial charge in [0.2, 0.25) is 0 Å². The molecule has 1 heterocycles. The molecule has 1 aliphatic heterocycles. The van der Waals surface area contributed by atoms with Gasteiger partial charge in [-0.1, -0.05) is 0 Å². The first kappa shape index (κ1) is 12.7. The monoisotopic (exact) mass is 235 g/mol. The molecule has 1 atom stereocenters. The molecule has 16 heavy (non-hydrogen) atoms. The summed E-state index contributed by atoms with van der Waals surface area (Å²) in [6, 6.07) is -0.641. The number of nitrogens with one attached hydrogen (secondary N) is 1. The second-order valence-corrected chi connectivity index (χ2v) is 3.84. The molecular weight excluding hydrogens is 220 g/mol. The van der Waals surface area contributed by atoms with Crippen LogP contribution in [-0.4, -0.2) is 42.9 Å². The lowest BCUT2D eigenvalue weighted by atomic mass is 9.98. The van der Waals surface area contributed by atoms with Crippen molar-refractivity contribution in [1.29, 1.82) is 0 Å². The van der Waals surface area contributed by atoms with Gasteiger partial charge in [-0.2, -0.15) is 8.78 Å². The van der Waals surface area contributed by atoms with Crippen LogP contribution in [0, 0.1) is 5.92 Å². The Balaban J connectivity index is 2.41. The minimum absolute atomic E-state index is 0.00366. The number of carbonyl (C=O) groups is 2. The fourth-order valence-corrected chi connectivity index (χ4v) is 1.81. The lowest BCUT2D eigenvalue weighted by Crippen LogP contribution is -2.46. The van der Waals surface area contributed by atoms with Crippen LogP contribution in [0.3, 0.4) is 0 Å². The number of likely N-dealkylation sites (tertiary alicyclic amines) is 1. The molecule has 0 aromatic carbocycles. The first-order chi connectivity index (χ1) is 7.50. The van der Waals surface area contributed by atoms with Crippen LogP contribution >= 0.6 is 0 Å². The molecule has 3 N–H and O–H groups in total. The molecule has 1 unspecified atom stereocenters. The maximum absolute atomic E-state index is 12.2. The minimum Gasteiger partial charge on any atom is -0.352 e. The topological polar surface area (TPSA) is 75.4 Å². The number of urea groups is 1. The zero-order chi connectivity index (χ0) is 12.1. The second kappa shape index (κ2) is 5.62. The predicted molar refractivity (Wildman–Crippen MR) is 52.9 cm³/mol. The van der Waals surface area contributed by atoms with Gasteiger partial charge in [0.15, 0.2) is 0 Å². The summed E-state index contributed by atoms with van der Waals surface area (Å²) in [6.45, 7) is 0.933. The van der Waals surface area contributed by atoms with E-state index in [0.29, 0.717) is 19.5 Å². The number of piperidine rings is 1. The molecule has 3 amide bonds. The molecule has 1 rings (SSSR count). The standard InChI is InChI=1S/C9H15F2N3O2/c10-7(11)8(15)14-3-1-2-6(5-14)4-13-9(12)16/h6-7H,1-5H2,(H3,12,13,16). The first-order valence-electron chi connectivity index (χ1n) is 5.11. The van der Waals surface area contributed by atoms with Crippen molar-refractivity contribution in [3.05, 3.63) is 0 Å². The van der Waals surface area contributed by atoms with Gasteiger partial charge in [-0.05, 0) is 18.8 Å². The van der Waals surface area contributed by atoms with E-state index in [2.05, 4.69) is 5.32 Å². The SMILES string of the molecule is NC(=O)NCC1CCCN(C(=O)C(F)F)C1. The van der Waals surface area contributed by atoms with Crippen LogP contribution in [0.15, 0.2) is 0 Å². The van der Waals surface area contributed by atoms with Gasteiger partial charge in [-0.3, -0.25) is 4.79 Å². The van der Waals surface area contributed by atoms with E-state index in [-0.39, 0.29) is 12.5 Å². The Morgan fingerprint density at radius 1 is 1.50 bits per heavy atom. The molecular formula is C9H15F2N3O2. The van der Waals surface area contributed by atoms with Crippen molar-refractivity contribution in [2.75, 3.05) is 19.6 Å². The number of hydrogen-bond acceptors (Lipinski definition) is 2. The summed E-state index contributed by atoms with van der Waals surface area (Å²) in [7, 11) is 0. The van der Waals surface area contributed by atoms with Crippen molar-refractivity contribution in [1.82, 2.24) is 10.2 Å². The van der Waals surface area contributed by atoms with Gasteiger partial charge in [0.1, 0.15) is 0 Å². The van der Waals surface area contributed by atoms with Gasteiger partial charge in [0.25, 0.3) is 5.91 Å². The van der Waals surface area contributed by atoms with E-state index in [9.17, 15) is 18.4 Å². The van der Waals surface area contributed by atoms with E-state index in [0.717, 1.165) is 11.3 Å². The highest BCUT2D eigenvalue weighted by Gasteiger charge is 2.28. The molecule has 0 aromatic rings. The molecule has 1 saturated heterocycles. The van der Waals surface area contributed by atoms with E-state index in [1.54, 1.807) is 0 Å². The molecule has 92 valence electrons. The van der Waals surface area contributed by atoms with Gasteiger partial charge < -0.3 is 16.0 Å². The average molecular weight is 235 g/mol. The van der Waals surface area contributed by atoms with Gasteiger partial charge in [-0.25, -0.2) is 4.79 Å². The quantitative estimate of drug-likeness (QED) is 0.731. The Bertz CT molecular complexity index is 273. The van der Waals surface area contributed by atoms with Crippen LogP contribution in [0.5, 0.6) is 0 Å². The first-order valence-corrected chi connectivity index (χ1v) is 5.11. The molecule has 1 fully saturated rings. The van der Waals surface area contributed by atoms with E-state index in [1.807, 2.05) is 0 Å². The summed E-state index contributed by atoms with van der Waals surface area (Å²) in [4.78, 5) is 22.7. The zero-order valence-electron chi connectivity index (χ0n) is 8.79. The second-order valence-electron chi connectivity index (χ2n) is 3.84. The van der Waals surface area contributed by atoms with Crippen molar-refractivity contribution in [2.45, 2.75) is 19.3 Å². The summed E-state index contributed by atoms with van der Waals surface area (Å²) in [6.07, 6.45) is -1.49. The molecule has 1 aliphatic rings. The van der Waals surface area contributed by atoms with Crippen molar-refractivity contribution < 1.29 is 18.4 Å². The Hall–Kier alpha value is -1.40. The van der Waals surface area contributed by atoms with Crippen molar-refractivity contribution >= 4 is 11.9 Å². The molecule has 0 aromatic heterocycles. The largest absolute Gasteiger partial charge is 0.352 e. The van der Waals surface area contributed by atoms with Crippen LogP contribution in [0.1, 0.15) is 12.8 Å². The van der Waals surface area contributed by atoms with Crippen LogP contribution in [0.4, 0.5) is 13.6 Å². The summed E-state index contributed by atoms with van der Waals surface area (Å²) in [5, 5.41) is 2.42. The van der Waals surface area contributed by atoms with Gasteiger partial charge >= 0.3 is 12.5 Å². The fraction of sp³-hybridized carbons (Fsp3) is 0.778. The number of hydrogen-bond donors (Lipinski definition) is 2. The Labute approximate surface area is 92.0 Å². The van der Waals surface area contributed by atoms with Crippen LogP contribution in [0.25, 0.3) is 0 Å². The third-order valence-electron chi connectivity index (χ3n) is 2.58. The highest BCUT2D eigenvalue weighted by Crippen LogP contribution is 2.17. The van der Waals surface area contributed by atoms with Crippen molar-refractivity contribution in [3.63, 3.8) is 0 Å². The van der Waals surface area contributed by atoms with Crippen LogP contribution in [-0.2, 0) is 4.79 Å². The predicted octanol–water partition coefficient (Wildman–Crippen LogP) is 0.158. The maximum Gasteiger partial charge on any atom is 0.315 e. The summed E-state index contributed by atoms with van der Waals surface area (Å²) in [5.41, 5.74) is 4.90. The third-order valence-corrected chi connectivity index (χ3v) is 2.58. The van der Waals surface area contributed by atoms with Crippen molar-refractivity contribution in [3.8, 4) is 0 Å². The van der Waals surface area contributed by atoms with Crippen LogP contribution in [0.2, 0.25) is 0 Å². The Kier molecular flexibility index (Phi) is 4.45. The lowest BCUT2D eigenvalue weighted by molar-refractivity contribution is -0.144. The number of alkyl halides is 2. The number of amides is 3. The van der Waals surface area contributed by atoms with E-state index in [1.165, 1.54) is 0 Å². The Morgan fingerprint density at radius 2 is 2.19 bits per heavy atom. The zero-order valence-corrected chi connectivity index (χ0v) is 8.79. The maximum atomic E-state index is 12.2. The van der Waals surface area contributed by atoms with E-state index < -0.39 is 18.4 Å². The number of primary amides is 1. The number of rotatable bonds is 3. The van der Waals surface area contributed by atoms with E-state index >= 15 is 0 Å². The van der Waals surface area contributed by atoms with Gasteiger partial charge in [0, 0.05) is 19.6 Å². The number of nitrogens with zero attached hydrogens (tertiary/aromatic N) is 1. The smallest absolute Gasteiger partial charge is 0.315 e. The molecule has 0 bridgehead atoms. The molecule has 0 saturated carbocycles. The number of halogens is 2. The molecule has 7 heteroatoms. The van der Waals surface area contributed by atoms with Gasteiger partial charge in [-0.15, -0.1) is 0 Å². The third kappa shape index (κ3) is 3.63. The normalized spacial score (nSPS) is 20.9. The highest BCUT2D eigenvalue weighted by atomic mass is 19.3. The number of carbonyl (C=O) groups excluding carboxylic acids is 2. The highest BCUT2D eigenvalue weighted by molar-refractivity contribution is 5.79. The summed E-state index contributed by atoms with van der Waals surface area (Å²) in [5.74, 6) is -1.13. The lowest BCUT2D eigenvalue weighted by Gasteiger charge is -2.32. The van der Waals surface area contributed by atoms with E-state index in [4.69, 9.17) is 5.73 Å². The number of nitrogens with two attached hydrogens (primary N) is 1. The molecule has 0 radical (unpaired) electrons. The summed E-state index contributed by atoms with van der Waals surface area (Å²) >= 11 is 0. The minimum atomic E-state index is -2.96. The fourth-order valence-electron chi connectivity index (χ4n) is 1.81.